The number of nitrogens with zero attached hydrogens (tertiary/aromatic N) is 1. The molecule has 0 unspecified atom stereocenters. The molecule has 1 saturated heterocycles. The molecule has 1 amide bonds. The van der Waals surface area contributed by atoms with Crippen LogP contribution in [0.5, 0.6) is 0 Å². The van der Waals surface area contributed by atoms with Crippen LogP contribution in [0.1, 0.15) is 60.2 Å². The highest BCUT2D eigenvalue weighted by atomic mass is 16.2. The van der Waals surface area contributed by atoms with Gasteiger partial charge in [-0.2, -0.15) is 0 Å². The molecule has 0 atom stereocenters. The summed E-state index contributed by atoms with van der Waals surface area (Å²) in [5.74, 6) is 0.363. The lowest BCUT2D eigenvalue weighted by Gasteiger charge is -2.27. The van der Waals surface area contributed by atoms with Gasteiger partial charge in [-0.05, 0) is 26.7 Å². The van der Waals surface area contributed by atoms with Gasteiger partial charge in [0.05, 0.1) is 0 Å². The highest BCUT2D eigenvalue weighted by Gasteiger charge is 2.16. The summed E-state index contributed by atoms with van der Waals surface area (Å²) in [6.45, 7) is 5.20. The average Bonchev–Trinajstić information content (AvgIpc) is 2.15. The Hall–Kier alpha value is -0.530. The van der Waals surface area contributed by atoms with Gasteiger partial charge in [-0.15, -0.1) is 0 Å². The van der Waals surface area contributed by atoms with Crippen molar-refractivity contribution >= 4 is 5.91 Å². The van der Waals surface area contributed by atoms with Crippen LogP contribution in [0.25, 0.3) is 0 Å². The summed E-state index contributed by atoms with van der Waals surface area (Å²) in [7, 11) is 0. The van der Waals surface area contributed by atoms with Crippen LogP contribution in [-0.2, 0) is 4.79 Å². The van der Waals surface area contributed by atoms with Crippen molar-refractivity contribution in [2.24, 2.45) is 0 Å². The molecule has 0 spiro atoms. The lowest BCUT2D eigenvalue weighted by Crippen LogP contribution is -2.37. The minimum Gasteiger partial charge on any atom is -0.340 e. The van der Waals surface area contributed by atoms with Crippen LogP contribution in [0.15, 0.2) is 0 Å². The fraction of sp³-hybridized carbons (Fsp3) is 0.917. The SMILES string of the molecule is CC(C)N1CCCCCCCCC1=O.[HH]. The van der Waals surface area contributed by atoms with Gasteiger partial charge < -0.3 is 4.90 Å². The first kappa shape index (κ1) is 11.5. The number of amides is 1. The highest BCUT2D eigenvalue weighted by molar-refractivity contribution is 5.76. The second kappa shape index (κ2) is 6.05. The second-order valence-electron chi connectivity index (χ2n) is 4.55. The van der Waals surface area contributed by atoms with Gasteiger partial charge in [-0.3, -0.25) is 4.79 Å². The van der Waals surface area contributed by atoms with Gasteiger partial charge in [-0.25, -0.2) is 0 Å². The van der Waals surface area contributed by atoms with Gasteiger partial charge in [0.1, 0.15) is 0 Å². The molecule has 1 fully saturated rings. The van der Waals surface area contributed by atoms with Gasteiger partial charge >= 0.3 is 0 Å². The molecular weight excluding hydrogens is 174 g/mol. The zero-order valence-corrected chi connectivity index (χ0v) is 9.59. The molecule has 0 aromatic carbocycles. The molecule has 2 heteroatoms. The fourth-order valence-corrected chi connectivity index (χ4v) is 2.08. The third-order valence-corrected chi connectivity index (χ3v) is 2.98. The smallest absolute Gasteiger partial charge is 0.222 e. The summed E-state index contributed by atoms with van der Waals surface area (Å²) in [6.07, 6.45) is 8.22. The van der Waals surface area contributed by atoms with Crippen molar-refractivity contribution in [3.63, 3.8) is 0 Å². The zero-order chi connectivity index (χ0) is 10.4. The Morgan fingerprint density at radius 3 is 2.29 bits per heavy atom. The van der Waals surface area contributed by atoms with Crippen LogP contribution < -0.4 is 0 Å². The predicted molar refractivity (Wildman–Crippen MR) is 61.3 cm³/mol. The van der Waals surface area contributed by atoms with Gasteiger partial charge in [0.25, 0.3) is 0 Å². The first-order valence-electron chi connectivity index (χ1n) is 6.01. The Morgan fingerprint density at radius 2 is 1.64 bits per heavy atom. The molecule has 0 saturated carbocycles. The van der Waals surface area contributed by atoms with E-state index >= 15 is 0 Å². The van der Waals surface area contributed by atoms with E-state index in [0.717, 1.165) is 19.4 Å². The lowest BCUT2D eigenvalue weighted by atomic mass is 10.1. The number of rotatable bonds is 1. The van der Waals surface area contributed by atoms with Crippen molar-refractivity contribution in [1.29, 1.82) is 0 Å². The fourth-order valence-electron chi connectivity index (χ4n) is 2.08. The van der Waals surface area contributed by atoms with Crippen LogP contribution in [0.4, 0.5) is 0 Å². The van der Waals surface area contributed by atoms with E-state index in [4.69, 9.17) is 0 Å². The summed E-state index contributed by atoms with van der Waals surface area (Å²) in [4.78, 5) is 13.8. The van der Waals surface area contributed by atoms with Gasteiger partial charge in [0.2, 0.25) is 5.91 Å². The number of hydrogen-bond donors (Lipinski definition) is 0. The molecule has 0 N–H and O–H groups in total. The molecule has 0 aromatic rings. The first-order valence-corrected chi connectivity index (χ1v) is 6.01. The summed E-state index contributed by atoms with van der Waals surface area (Å²) in [5.41, 5.74) is 0. The summed E-state index contributed by atoms with van der Waals surface area (Å²) in [6, 6.07) is 0.377. The van der Waals surface area contributed by atoms with Gasteiger partial charge in [0.15, 0.2) is 0 Å². The van der Waals surface area contributed by atoms with Crippen molar-refractivity contribution in [2.45, 2.75) is 64.8 Å². The Kier molecular flexibility index (Phi) is 4.99. The van der Waals surface area contributed by atoms with Crippen LogP contribution in [-0.4, -0.2) is 23.4 Å². The van der Waals surface area contributed by atoms with Gasteiger partial charge in [-0.1, -0.05) is 25.7 Å². The van der Waals surface area contributed by atoms with E-state index in [1.807, 2.05) is 4.90 Å². The number of carbonyl (C=O) groups excluding carboxylic acids is 1. The molecule has 1 heterocycles. The Labute approximate surface area is 89.2 Å². The maximum Gasteiger partial charge on any atom is 0.222 e. The van der Waals surface area contributed by atoms with Crippen molar-refractivity contribution in [1.82, 2.24) is 4.90 Å². The van der Waals surface area contributed by atoms with Crippen LogP contribution in [0, 0.1) is 0 Å². The van der Waals surface area contributed by atoms with E-state index in [9.17, 15) is 4.79 Å². The van der Waals surface area contributed by atoms with E-state index in [1.54, 1.807) is 0 Å². The largest absolute Gasteiger partial charge is 0.340 e. The maximum atomic E-state index is 11.8. The van der Waals surface area contributed by atoms with E-state index in [-0.39, 0.29) is 1.43 Å². The summed E-state index contributed by atoms with van der Waals surface area (Å²) >= 11 is 0. The standard InChI is InChI=1S/C12H23NO.H2/c1-11(2)13-10-8-6-4-3-5-7-9-12(13)14;/h11H,3-10H2,1-2H3;1H. The summed E-state index contributed by atoms with van der Waals surface area (Å²) in [5, 5.41) is 0. The quantitative estimate of drug-likeness (QED) is 0.635. The highest BCUT2D eigenvalue weighted by Crippen LogP contribution is 2.14. The lowest BCUT2D eigenvalue weighted by molar-refractivity contribution is -0.133. The maximum absolute atomic E-state index is 11.8. The normalized spacial score (nSPS) is 21.4. The van der Waals surface area contributed by atoms with Crippen LogP contribution in [0.3, 0.4) is 0 Å². The van der Waals surface area contributed by atoms with Crippen LogP contribution >= 0.6 is 0 Å². The van der Waals surface area contributed by atoms with Crippen molar-refractivity contribution in [3.8, 4) is 0 Å². The molecule has 1 aliphatic rings. The molecule has 0 aliphatic carbocycles. The Bertz CT molecular complexity index is 182. The minimum atomic E-state index is 0. The third-order valence-electron chi connectivity index (χ3n) is 2.98. The molecule has 0 radical (unpaired) electrons. The third kappa shape index (κ3) is 3.69. The molecular formula is C12H25NO. The summed E-state index contributed by atoms with van der Waals surface area (Å²) < 4.78 is 0. The van der Waals surface area contributed by atoms with E-state index in [0.29, 0.717) is 11.9 Å². The van der Waals surface area contributed by atoms with Crippen molar-refractivity contribution < 1.29 is 6.22 Å². The van der Waals surface area contributed by atoms with Crippen molar-refractivity contribution in [3.05, 3.63) is 0 Å². The van der Waals surface area contributed by atoms with E-state index in [2.05, 4.69) is 13.8 Å². The Morgan fingerprint density at radius 1 is 1.07 bits per heavy atom. The molecule has 0 aromatic heterocycles. The first-order chi connectivity index (χ1) is 6.72. The number of carbonyl (C=O) groups is 1. The predicted octanol–water partition coefficient (Wildman–Crippen LogP) is 3.21. The molecule has 14 heavy (non-hydrogen) atoms. The number of hydrogen-bond acceptors (Lipinski definition) is 1. The zero-order valence-electron chi connectivity index (χ0n) is 9.59. The molecule has 2 nitrogen and oxygen atoms in total. The molecule has 1 rings (SSSR count). The monoisotopic (exact) mass is 199 g/mol. The molecule has 0 bridgehead atoms. The van der Waals surface area contributed by atoms with Crippen molar-refractivity contribution in [2.75, 3.05) is 6.54 Å². The molecule has 84 valence electrons. The van der Waals surface area contributed by atoms with Crippen LogP contribution in [0.2, 0.25) is 0 Å². The van der Waals surface area contributed by atoms with E-state index in [1.165, 1.54) is 32.1 Å². The molecule has 1 aliphatic heterocycles. The van der Waals surface area contributed by atoms with E-state index < -0.39 is 0 Å². The van der Waals surface area contributed by atoms with Gasteiger partial charge in [0, 0.05) is 20.4 Å². The minimum absolute atomic E-state index is 0. The topological polar surface area (TPSA) is 20.3 Å². The average molecular weight is 199 g/mol. The second-order valence-corrected chi connectivity index (χ2v) is 4.55. The Balaban J connectivity index is 0.00000196.